The van der Waals surface area contributed by atoms with Crippen molar-refractivity contribution in [3.8, 4) is 0 Å². The zero-order chi connectivity index (χ0) is 46.4. The largest absolute Gasteiger partial charge is 0.479 e. The molecule has 0 aliphatic carbocycles. The predicted molar refractivity (Wildman–Crippen MR) is 171 cm³/mol. The third-order valence-electron chi connectivity index (χ3n) is 10.2. The van der Waals surface area contributed by atoms with E-state index < -0.39 is 183 Å². The third-order valence-corrected chi connectivity index (χ3v) is 10.2. The highest BCUT2D eigenvalue weighted by Crippen LogP contribution is 2.36. The van der Waals surface area contributed by atoms with Gasteiger partial charge in [-0.3, -0.25) is 5.26 Å². The summed E-state index contributed by atoms with van der Waals surface area (Å²) in [7, 11) is 0. The van der Waals surface area contributed by atoms with E-state index in [2.05, 4.69) is 9.62 Å². The lowest BCUT2D eigenvalue weighted by molar-refractivity contribution is -0.395. The molecule has 0 aromatic heterocycles. The van der Waals surface area contributed by atoms with Crippen LogP contribution in [0.5, 0.6) is 0 Å². The van der Waals surface area contributed by atoms with E-state index in [0.29, 0.717) is 0 Å². The normalized spacial score (nSPS) is 48.8. The van der Waals surface area contributed by atoms with Gasteiger partial charge in [0.1, 0.15) is 85.5 Å². The maximum absolute atomic E-state index is 12.4. The van der Waals surface area contributed by atoms with E-state index in [1.165, 1.54) is 0 Å². The number of rotatable bonds is 14. The first-order chi connectivity index (χ1) is 28.9. The minimum absolute atomic E-state index is 1.89. The number of aliphatic hydroxyl groups excluding tert-OH is 11. The van der Waals surface area contributed by atoms with Gasteiger partial charge in [-0.2, -0.15) is 0 Å². The number of carboxylic acid groups (broad SMARTS) is 5. The number of carboxylic acids is 5. The van der Waals surface area contributed by atoms with Gasteiger partial charge in [-0.25, -0.2) is 28.9 Å². The molecule has 32 heteroatoms. The van der Waals surface area contributed by atoms with Crippen LogP contribution in [0.15, 0.2) is 0 Å². The molecular weight excluding hydrogens is 872 g/mol. The number of hydrogen-bond acceptors (Lipinski definition) is 27. The molecule has 5 saturated heterocycles. The second-order valence-corrected chi connectivity index (χ2v) is 14.2. The Labute approximate surface area is 342 Å². The average Bonchev–Trinajstić information content (AvgIpc) is 3.20. The van der Waals surface area contributed by atoms with E-state index in [4.69, 9.17) is 43.2 Å². The Morgan fingerprint density at radius 3 is 0.855 bits per heavy atom. The van der Waals surface area contributed by atoms with E-state index >= 15 is 0 Å². The van der Waals surface area contributed by atoms with Crippen molar-refractivity contribution < 1.29 is 158 Å². The lowest BCUT2D eigenvalue weighted by Gasteiger charge is -2.48. The second-order valence-electron chi connectivity index (χ2n) is 14.2. The molecule has 0 spiro atoms. The molecule has 5 aliphatic rings. The molecule has 17 N–H and O–H groups in total. The maximum atomic E-state index is 12.4. The quantitative estimate of drug-likeness (QED) is 0.0568. The lowest BCUT2D eigenvalue weighted by Crippen LogP contribution is -2.69. The summed E-state index contributed by atoms with van der Waals surface area (Å²) in [5, 5.41) is 173. The molecular formula is C30H42O32. The van der Waals surface area contributed by atoms with Crippen LogP contribution in [0.2, 0.25) is 0 Å². The standard InChI is InChI=1S/C30H42O32/c31-1-5(35)26(51)53-17(22(43)44)12(1)54-27-6(36)2(32)13(18(59-27)23(45)46)55-28-7(37)3(33)14(19(60-28)24(47)48)56-29-8(38)4(34)15(20(61-29)25(49)50)57-30-10(40)11(62-52)9(39)16(58-30)21(41)42/h1-20,26-40,51-52H,(H,41,42)(H,43,44)(H,45,46)(H,47,48)(H,49,50)/t1-,2-,3-,4-,5+,6+,7+,8+,9+,10+,11+,12+,13+,14+,15+,16+,17+,18+,19+,20+,26-,27-,28-,29-,30-/m1/s1. The monoisotopic (exact) mass is 914 g/mol. The molecule has 5 aliphatic heterocycles. The smallest absolute Gasteiger partial charge is 0.335 e. The number of aliphatic carboxylic acids is 5. The molecule has 5 rings (SSSR count). The van der Waals surface area contributed by atoms with Gasteiger partial charge in [0.25, 0.3) is 0 Å². The van der Waals surface area contributed by atoms with Crippen molar-refractivity contribution in [3.05, 3.63) is 0 Å². The molecule has 5 heterocycles. The van der Waals surface area contributed by atoms with E-state index in [0.717, 1.165) is 0 Å². The fourth-order valence-electron chi connectivity index (χ4n) is 7.00. The van der Waals surface area contributed by atoms with Crippen molar-refractivity contribution >= 4 is 29.8 Å². The Balaban J connectivity index is 1.30. The minimum Gasteiger partial charge on any atom is -0.479 e. The van der Waals surface area contributed by atoms with Crippen LogP contribution in [0.4, 0.5) is 0 Å². The summed E-state index contributed by atoms with van der Waals surface area (Å²) in [6, 6.07) is 0. The van der Waals surface area contributed by atoms with Crippen LogP contribution < -0.4 is 0 Å². The van der Waals surface area contributed by atoms with Gasteiger partial charge in [-0.05, 0) is 0 Å². The Hall–Kier alpha value is -3.53. The Kier molecular flexibility index (Phi) is 15.7. The summed E-state index contributed by atoms with van der Waals surface area (Å²) < 4.78 is 46.0. The Morgan fingerprint density at radius 1 is 0.306 bits per heavy atom. The molecule has 32 nitrogen and oxygen atoms in total. The van der Waals surface area contributed by atoms with Crippen molar-refractivity contribution in [2.75, 3.05) is 0 Å². The van der Waals surface area contributed by atoms with Crippen LogP contribution in [-0.4, -0.2) is 270 Å². The van der Waals surface area contributed by atoms with Crippen molar-refractivity contribution in [3.63, 3.8) is 0 Å². The van der Waals surface area contributed by atoms with Gasteiger partial charge in [0.15, 0.2) is 68.1 Å². The molecule has 5 fully saturated rings. The highest BCUT2D eigenvalue weighted by atomic mass is 17.1. The Morgan fingerprint density at radius 2 is 0.565 bits per heavy atom. The highest BCUT2D eigenvalue weighted by Gasteiger charge is 2.59. The van der Waals surface area contributed by atoms with E-state index in [-0.39, 0.29) is 0 Å². The lowest BCUT2D eigenvalue weighted by atomic mass is 9.95. The highest BCUT2D eigenvalue weighted by molar-refractivity contribution is 5.75. The van der Waals surface area contributed by atoms with Crippen LogP contribution in [0, 0.1) is 0 Å². The zero-order valence-corrected chi connectivity index (χ0v) is 30.7. The van der Waals surface area contributed by atoms with E-state index in [9.17, 15) is 106 Å². The summed E-state index contributed by atoms with van der Waals surface area (Å²) in [4.78, 5) is 64.0. The summed E-state index contributed by atoms with van der Waals surface area (Å²) in [6.45, 7) is 0. The van der Waals surface area contributed by atoms with Gasteiger partial charge in [0.05, 0.1) is 0 Å². The first-order valence-electron chi connectivity index (χ1n) is 17.7. The van der Waals surface area contributed by atoms with Gasteiger partial charge in [-0.1, -0.05) is 0 Å². The van der Waals surface area contributed by atoms with E-state index in [1.807, 2.05) is 0 Å². The third kappa shape index (κ3) is 9.61. The molecule has 62 heavy (non-hydrogen) atoms. The van der Waals surface area contributed by atoms with Crippen molar-refractivity contribution in [2.24, 2.45) is 0 Å². The fraction of sp³-hybridized carbons (Fsp3) is 0.833. The van der Waals surface area contributed by atoms with Gasteiger partial charge in [-0.15, -0.1) is 0 Å². The van der Waals surface area contributed by atoms with Gasteiger partial charge in [0, 0.05) is 0 Å². The number of carbonyl (C=O) groups is 5. The Bertz CT molecular complexity index is 1620. The number of ether oxygens (including phenoxy) is 9. The summed E-state index contributed by atoms with van der Waals surface area (Å²) in [5.74, 6) is -9.93. The van der Waals surface area contributed by atoms with Gasteiger partial charge >= 0.3 is 29.8 Å². The van der Waals surface area contributed by atoms with Crippen molar-refractivity contribution in [1.82, 2.24) is 0 Å². The predicted octanol–water partition coefficient (Wildman–Crippen LogP) is -11.0. The van der Waals surface area contributed by atoms with Crippen LogP contribution in [0.3, 0.4) is 0 Å². The number of hydrogen-bond donors (Lipinski definition) is 17. The maximum Gasteiger partial charge on any atom is 0.335 e. The van der Waals surface area contributed by atoms with Crippen LogP contribution in [-0.2, 0) is 71.5 Å². The van der Waals surface area contributed by atoms with E-state index in [1.54, 1.807) is 0 Å². The summed E-state index contributed by atoms with van der Waals surface area (Å²) >= 11 is 0. The SMILES string of the molecule is O=C(O)[C@H]1O[C@@H](O[C@H]2[C@H](O)[C@H](O)[C@H](O[C@H]3[C@H](O)[C@H](O)[C@H](O[C@H]4[C@H](O)[C@H](O)[C@H](O[C@H]5[C@H](O)[C@H](O)[C@H](O)O[C@@H]5C(=O)O)O[C@@H]4C(=O)O)O[C@@H]3C(=O)O)O[C@@H]2C(=O)O)[C@@H](O)[C@@H](OO)[C@@H]1O. The fourth-order valence-corrected chi connectivity index (χ4v) is 7.00. The van der Waals surface area contributed by atoms with Crippen molar-refractivity contribution in [1.29, 1.82) is 0 Å². The van der Waals surface area contributed by atoms with Crippen LogP contribution in [0.25, 0.3) is 0 Å². The first kappa shape index (κ1) is 49.5. The topological polar surface area (TPSA) is 522 Å². The molecule has 25 atom stereocenters. The van der Waals surface area contributed by atoms with Crippen molar-refractivity contribution in [2.45, 2.75) is 154 Å². The summed E-state index contributed by atoms with van der Waals surface area (Å²) in [5.41, 5.74) is 0. The number of aliphatic hydroxyl groups is 11. The van der Waals surface area contributed by atoms with Crippen LogP contribution >= 0.6 is 0 Å². The molecule has 0 radical (unpaired) electrons. The molecule has 0 aromatic carbocycles. The zero-order valence-electron chi connectivity index (χ0n) is 30.7. The average molecular weight is 915 g/mol. The molecule has 354 valence electrons. The second kappa shape index (κ2) is 19.7. The minimum atomic E-state index is -2.57. The van der Waals surface area contributed by atoms with Gasteiger partial charge in [0.2, 0.25) is 0 Å². The van der Waals surface area contributed by atoms with Crippen LogP contribution in [0.1, 0.15) is 0 Å². The first-order valence-corrected chi connectivity index (χ1v) is 17.7. The molecule has 0 unspecified atom stereocenters. The molecule has 0 bridgehead atoms. The summed E-state index contributed by atoms with van der Waals surface area (Å²) in [6.07, 6.45) is -59.8. The van der Waals surface area contributed by atoms with Gasteiger partial charge < -0.3 is 124 Å². The molecule has 0 saturated carbocycles. The molecule has 0 aromatic rings. The molecule has 0 amide bonds.